The number of nitrogens with zero attached hydrogens (tertiary/aromatic N) is 2. The van der Waals surface area contributed by atoms with E-state index in [-0.39, 0.29) is 28.7 Å². The van der Waals surface area contributed by atoms with E-state index in [4.69, 9.17) is 21.1 Å². The second kappa shape index (κ2) is 11.4. The van der Waals surface area contributed by atoms with Crippen LogP contribution >= 0.6 is 22.9 Å². The number of esters is 2. The predicted molar refractivity (Wildman–Crippen MR) is 128 cm³/mol. The molecule has 0 atom stereocenters. The maximum atomic E-state index is 12.4. The molecule has 9 nitrogen and oxygen atoms in total. The summed E-state index contributed by atoms with van der Waals surface area (Å²) in [7, 11) is 1.29. The van der Waals surface area contributed by atoms with Crippen molar-refractivity contribution in [3.63, 3.8) is 0 Å². The average Bonchev–Trinajstić information content (AvgIpc) is 3.11. The van der Waals surface area contributed by atoms with Gasteiger partial charge in [-0.1, -0.05) is 35.1 Å². The fourth-order valence-corrected chi connectivity index (χ4v) is 4.01. The Morgan fingerprint density at radius 2 is 1.79 bits per heavy atom. The van der Waals surface area contributed by atoms with E-state index >= 15 is 0 Å². The molecule has 0 unspecified atom stereocenters. The Kier molecular flexibility index (Phi) is 8.34. The van der Waals surface area contributed by atoms with Crippen LogP contribution in [-0.4, -0.2) is 42.3 Å². The average molecular weight is 502 g/mol. The zero-order valence-corrected chi connectivity index (χ0v) is 19.8. The van der Waals surface area contributed by atoms with E-state index in [9.17, 15) is 19.2 Å². The predicted octanol–water partition coefficient (Wildman–Crippen LogP) is 3.34. The summed E-state index contributed by atoms with van der Waals surface area (Å²) >= 11 is 7.21. The van der Waals surface area contributed by atoms with Crippen LogP contribution < -0.4 is 10.3 Å². The Morgan fingerprint density at radius 3 is 2.47 bits per heavy atom. The van der Waals surface area contributed by atoms with Crippen LogP contribution in [0.1, 0.15) is 48.4 Å². The number of thiazole rings is 1. The molecule has 1 N–H and O–H groups in total. The summed E-state index contributed by atoms with van der Waals surface area (Å²) in [4.78, 5) is 48.1. The van der Waals surface area contributed by atoms with Crippen molar-refractivity contribution in [1.29, 1.82) is 0 Å². The molecule has 3 aromatic rings. The van der Waals surface area contributed by atoms with Gasteiger partial charge in [0, 0.05) is 5.56 Å². The quantitative estimate of drug-likeness (QED) is 0.287. The van der Waals surface area contributed by atoms with Gasteiger partial charge in [-0.05, 0) is 48.9 Å². The van der Waals surface area contributed by atoms with Gasteiger partial charge in [0.1, 0.15) is 5.15 Å². The Bertz CT molecular complexity index is 1300. The topological polar surface area (TPSA) is 116 Å². The zero-order valence-electron chi connectivity index (χ0n) is 18.2. The van der Waals surface area contributed by atoms with Crippen LogP contribution in [0.25, 0.3) is 0 Å². The van der Waals surface area contributed by atoms with Crippen molar-refractivity contribution in [2.24, 2.45) is 5.10 Å². The second-order valence-electron chi connectivity index (χ2n) is 6.80. The Labute approximate surface area is 203 Å². The summed E-state index contributed by atoms with van der Waals surface area (Å²) in [5.41, 5.74) is 4.02. The Balaban J connectivity index is 1.68. The fraction of sp³-hybridized carbons (Fsp3) is 0.174. The van der Waals surface area contributed by atoms with E-state index in [2.05, 4.69) is 10.5 Å². The van der Waals surface area contributed by atoms with Crippen molar-refractivity contribution in [3.05, 3.63) is 90.5 Å². The summed E-state index contributed by atoms with van der Waals surface area (Å²) in [6, 6.07) is 12.6. The smallest absolute Gasteiger partial charge is 0.338 e. The number of halogens is 1. The normalized spacial score (nSPS) is 10.8. The van der Waals surface area contributed by atoms with Crippen LogP contribution in [0.4, 0.5) is 0 Å². The number of hydrazone groups is 1. The number of nitrogens with one attached hydrogen (secondary N) is 1. The standard InChI is InChI=1S/C23H20ClN3O6S/c1-3-33-22(30)16-9-7-15(8-10-16)20(28)26-25-12-18-19(24)27(23(31)34-18)13-14-5-4-6-17(11-14)21(29)32-2/h4-12H,3,13H2,1-2H3,(H,26,28)/b25-12-. The SMILES string of the molecule is CCOC(=O)c1ccc(C(=O)N/N=C\c2sc(=O)n(Cc3cccc(C(=O)OC)c3)c2Cl)cc1. The lowest BCUT2D eigenvalue weighted by molar-refractivity contribution is 0.0525. The van der Waals surface area contributed by atoms with Crippen LogP contribution in [0.5, 0.6) is 0 Å². The lowest BCUT2D eigenvalue weighted by Gasteiger charge is -2.06. The van der Waals surface area contributed by atoms with Gasteiger partial charge in [0.2, 0.25) is 0 Å². The molecule has 0 aliphatic heterocycles. The van der Waals surface area contributed by atoms with Crippen molar-refractivity contribution < 1.29 is 23.9 Å². The molecule has 2 aromatic carbocycles. The lowest BCUT2D eigenvalue weighted by Crippen LogP contribution is -2.17. The van der Waals surface area contributed by atoms with E-state index < -0.39 is 17.8 Å². The van der Waals surface area contributed by atoms with Gasteiger partial charge < -0.3 is 9.47 Å². The first-order valence-electron chi connectivity index (χ1n) is 10.0. The molecule has 0 spiro atoms. The monoisotopic (exact) mass is 501 g/mol. The number of aromatic nitrogens is 1. The molecule has 34 heavy (non-hydrogen) atoms. The number of amides is 1. The van der Waals surface area contributed by atoms with Gasteiger partial charge in [-0.15, -0.1) is 0 Å². The first-order chi connectivity index (χ1) is 16.3. The maximum absolute atomic E-state index is 12.4. The highest BCUT2D eigenvalue weighted by Gasteiger charge is 2.14. The molecule has 1 aromatic heterocycles. The molecule has 0 bridgehead atoms. The van der Waals surface area contributed by atoms with E-state index in [1.807, 2.05) is 0 Å². The van der Waals surface area contributed by atoms with E-state index in [0.717, 1.165) is 11.3 Å². The van der Waals surface area contributed by atoms with Crippen molar-refractivity contribution >= 4 is 47.0 Å². The molecule has 0 saturated heterocycles. The van der Waals surface area contributed by atoms with Gasteiger partial charge in [-0.25, -0.2) is 15.0 Å². The molecule has 0 aliphatic rings. The van der Waals surface area contributed by atoms with E-state index in [0.29, 0.717) is 21.6 Å². The Hall–Kier alpha value is -3.76. The number of carbonyl (C=O) groups excluding carboxylic acids is 3. The lowest BCUT2D eigenvalue weighted by atomic mass is 10.1. The largest absolute Gasteiger partial charge is 0.465 e. The first kappa shape index (κ1) is 24.9. The molecule has 1 amide bonds. The third kappa shape index (κ3) is 5.97. The molecule has 11 heteroatoms. The molecule has 0 aliphatic carbocycles. The number of benzene rings is 2. The maximum Gasteiger partial charge on any atom is 0.338 e. The highest BCUT2D eigenvalue weighted by molar-refractivity contribution is 7.11. The molecule has 3 rings (SSSR count). The number of methoxy groups -OCH3 is 1. The highest BCUT2D eigenvalue weighted by Crippen LogP contribution is 2.19. The van der Waals surface area contributed by atoms with Crippen LogP contribution in [0.3, 0.4) is 0 Å². The van der Waals surface area contributed by atoms with Gasteiger partial charge in [0.15, 0.2) is 0 Å². The van der Waals surface area contributed by atoms with Crippen LogP contribution in [0.15, 0.2) is 58.4 Å². The molecule has 0 fully saturated rings. The highest BCUT2D eigenvalue weighted by atomic mass is 35.5. The van der Waals surface area contributed by atoms with E-state index in [1.165, 1.54) is 42.2 Å². The van der Waals surface area contributed by atoms with E-state index in [1.54, 1.807) is 31.2 Å². The molecule has 0 radical (unpaired) electrons. The van der Waals surface area contributed by atoms with Crippen molar-refractivity contribution in [3.8, 4) is 0 Å². The summed E-state index contributed by atoms with van der Waals surface area (Å²) in [6.45, 7) is 2.11. The minimum atomic E-state index is -0.505. The minimum Gasteiger partial charge on any atom is -0.465 e. The summed E-state index contributed by atoms with van der Waals surface area (Å²) in [5.74, 6) is -1.46. The van der Waals surface area contributed by atoms with Crippen LogP contribution in [-0.2, 0) is 16.0 Å². The van der Waals surface area contributed by atoms with Crippen molar-refractivity contribution in [1.82, 2.24) is 9.99 Å². The molecular formula is C23H20ClN3O6S. The fourth-order valence-electron chi connectivity index (χ4n) is 2.90. The van der Waals surface area contributed by atoms with Crippen LogP contribution in [0.2, 0.25) is 5.15 Å². The van der Waals surface area contributed by atoms with Gasteiger partial charge in [-0.2, -0.15) is 5.10 Å². The number of ether oxygens (including phenoxy) is 2. The molecule has 176 valence electrons. The van der Waals surface area contributed by atoms with Crippen molar-refractivity contribution in [2.45, 2.75) is 13.5 Å². The first-order valence-corrected chi connectivity index (χ1v) is 11.2. The van der Waals surface area contributed by atoms with Gasteiger partial charge >= 0.3 is 16.8 Å². The van der Waals surface area contributed by atoms with Gasteiger partial charge in [-0.3, -0.25) is 14.2 Å². The molecule has 0 saturated carbocycles. The Morgan fingerprint density at radius 1 is 1.09 bits per heavy atom. The number of hydrogen-bond donors (Lipinski definition) is 1. The van der Waals surface area contributed by atoms with Crippen molar-refractivity contribution in [2.75, 3.05) is 13.7 Å². The number of hydrogen-bond acceptors (Lipinski definition) is 8. The zero-order chi connectivity index (χ0) is 24.7. The summed E-state index contributed by atoms with van der Waals surface area (Å²) < 4.78 is 10.9. The van der Waals surface area contributed by atoms with Gasteiger partial charge in [0.25, 0.3) is 5.91 Å². The third-order valence-corrected chi connectivity index (χ3v) is 5.99. The number of carbonyl (C=O) groups is 3. The summed E-state index contributed by atoms with van der Waals surface area (Å²) in [6.07, 6.45) is 1.28. The second-order valence-corrected chi connectivity index (χ2v) is 8.15. The molecular weight excluding hydrogens is 482 g/mol. The molecule has 1 heterocycles. The van der Waals surface area contributed by atoms with Crippen LogP contribution in [0, 0.1) is 0 Å². The minimum absolute atomic E-state index is 0.145. The number of rotatable bonds is 8. The van der Waals surface area contributed by atoms with Gasteiger partial charge in [0.05, 0.1) is 42.5 Å². The summed E-state index contributed by atoms with van der Waals surface area (Å²) in [5, 5.41) is 4.02. The third-order valence-electron chi connectivity index (χ3n) is 4.55.